The van der Waals surface area contributed by atoms with Crippen LogP contribution in [0.5, 0.6) is 5.75 Å². The van der Waals surface area contributed by atoms with E-state index in [1.165, 1.54) is 24.4 Å². The Morgan fingerprint density at radius 2 is 1.79 bits per heavy atom. The lowest BCUT2D eigenvalue weighted by Crippen LogP contribution is -2.55. The first-order chi connectivity index (χ1) is 17.8. The summed E-state index contributed by atoms with van der Waals surface area (Å²) in [4.78, 5) is 31.7. The minimum Gasteiger partial charge on any atom is -0.476 e. The molecule has 2 bridgehead atoms. The number of benzene rings is 1. The highest BCUT2D eigenvalue weighted by Crippen LogP contribution is 2.39. The molecule has 7 nitrogen and oxygen atoms in total. The number of nitrogens with zero attached hydrogens (tertiary/aromatic N) is 2. The zero-order valence-corrected chi connectivity index (χ0v) is 21.9. The molecule has 4 rings (SSSR count). The van der Waals surface area contributed by atoms with Gasteiger partial charge in [-0.1, -0.05) is 11.6 Å². The van der Waals surface area contributed by atoms with Crippen LogP contribution in [0.25, 0.3) is 0 Å². The number of amides is 2. The fourth-order valence-corrected chi connectivity index (χ4v) is 5.13. The normalized spacial score (nSPS) is 22.7. The molecular formula is C26H29ClF4N4O3. The predicted molar refractivity (Wildman–Crippen MR) is 134 cm³/mol. The molecule has 2 N–H and O–H groups in total. The van der Waals surface area contributed by atoms with Crippen LogP contribution in [0.2, 0.25) is 5.02 Å². The molecule has 2 aliphatic heterocycles. The average Bonchev–Trinajstić information content (AvgIpc) is 3.10. The Balaban J connectivity index is 1.37. The summed E-state index contributed by atoms with van der Waals surface area (Å²) < 4.78 is 58.4. The van der Waals surface area contributed by atoms with Crippen molar-refractivity contribution in [1.29, 1.82) is 0 Å². The van der Waals surface area contributed by atoms with E-state index in [0.29, 0.717) is 25.6 Å². The smallest absolute Gasteiger partial charge is 0.290 e. The number of piperidine rings is 1. The summed E-state index contributed by atoms with van der Waals surface area (Å²) in [5, 5.41) is 4.80. The molecule has 0 radical (unpaired) electrons. The molecule has 3 heterocycles. The number of pyridine rings is 1. The molecule has 2 aliphatic rings. The number of anilines is 1. The van der Waals surface area contributed by atoms with Gasteiger partial charge in [0.1, 0.15) is 17.4 Å². The molecule has 0 aliphatic carbocycles. The molecule has 1 aromatic carbocycles. The summed E-state index contributed by atoms with van der Waals surface area (Å²) in [6.45, 7) is 3.82. The highest BCUT2D eigenvalue weighted by atomic mass is 35.5. The maximum Gasteiger partial charge on any atom is 0.290 e. The summed E-state index contributed by atoms with van der Waals surface area (Å²) in [5.74, 6) is -4.14. The zero-order valence-electron chi connectivity index (χ0n) is 21.1. The molecule has 12 heteroatoms. The SMILES string of the molecule is CC(C)(Oc1ccc(F)cc1Cl)C(=O)NC1CC2CCC(C1)N2c1ccc(C(=O)N[C@@](C)(F)C(F)F)cn1. The van der Waals surface area contributed by atoms with E-state index in [9.17, 15) is 27.2 Å². The van der Waals surface area contributed by atoms with Crippen molar-refractivity contribution in [2.75, 3.05) is 4.90 Å². The fourth-order valence-electron chi connectivity index (χ4n) is 4.93. The maximum absolute atomic E-state index is 13.8. The second kappa shape index (κ2) is 10.6. The van der Waals surface area contributed by atoms with E-state index in [-0.39, 0.29) is 40.4 Å². The first kappa shape index (κ1) is 27.9. The van der Waals surface area contributed by atoms with E-state index in [0.717, 1.165) is 18.9 Å². The number of carbonyl (C=O) groups is 2. The molecule has 1 aromatic heterocycles. The zero-order chi connectivity index (χ0) is 27.8. The van der Waals surface area contributed by atoms with Crippen molar-refractivity contribution < 1.29 is 31.9 Å². The summed E-state index contributed by atoms with van der Waals surface area (Å²) in [6.07, 6.45) is 0.970. The summed E-state index contributed by atoms with van der Waals surface area (Å²) in [7, 11) is 0. The number of fused-ring (bicyclic) bond motifs is 2. The molecule has 2 fully saturated rings. The molecule has 2 amide bonds. The third-order valence-electron chi connectivity index (χ3n) is 6.92. The summed E-state index contributed by atoms with van der Waals surface area (Å²) in [6, 6.07) is 6.81. The number of halogens is 5. The van der Waals surface area contributed by atoms with Gasteiger partial charge in [0.15, 0.2) is 5.60 Å². The first-order valence-electron chi connectivity index (χ1n) is 12.3. The van der Waals surface area contributed by atoms with Crippen LogP contribution in [0.4, 0.5) is 23.4 Å². The lowest BCUT2D eigenvalue weighted by Gasteiger charge is -2.40. The molecule has 38 heavy (non-hydrogen) atoms. The van der Waals surface area contributed by atoms with Gasteiger partial charge in [-0.15, -0.1) is 0 Å². The topological polar surface area (TPSA) is 83.6 Å². The van der Waals surface area contributed by atoms with Gasteiger partial charge in [0.05, 0.1) is 10.6 Å². The monoisotopic (exact) mass is 556 g/mol. The standard InChI is InChI=1S/C26H29ClF4N4O3/c1-25(2,38-20-8-5-15(28)10-19(20)27)24(37)33-16-11-17-6-7-18(12-16)35(17)21-9-4-14(13-32-21)22(36)34-26(3,31)23(29)30/h4-5,8-10,13,16-18,23H,6-7,11-12H2,1-3H3,(H,33,37)(H,34,36)/t16?,17?,18?,26-/m1/s1. The van der Waals surface area contributed by atoms with E-state index in [4.69, 9.17) is 16.3 Å². The van der Waals surface area contributed by atoms with Crippen molar-refractivity contribution in [3.05, 3.63) is 52.9 Å². The van der Waals surface area contributed by atoms with Gasteiger partial charge in [-0.3, -0.25) is 9.59 Å². The van der Waals surface area contributed by atoms with Crippen LogP contribution in [0, 0.1) is 5.82 Å². The lowest BCUT2D eigenvalue weighted by molar-refractivity contribution is -0.135. The summed E-state index contributed by atoms with van der Waals surface area (Å²) in [5.41, 5.74) is -1.29. The Hall–Kier alpha value is -3.08. The molecular weight excluding hydrogens is 528 g/mol. The molecule has 2 aromatic rings. The number of alkyl halides is 3. The Morgan fingerprint density at radius 3 is 2.34 bits per heavy atom. The van der Waals surface area contributed by atoms with Crippen LogP contribution in [-0.4, -0.2) is 52.7 Å². The minimum absolute atomic E-state index is 0.0312. The third kappa shape index (κ3) is 5.98. The van der Waals surface area contributed by atoms with E-state index in [1.807, 2.05) is 0 Å². The number of hydrogen-bond acceptors (Lipinski definition) is 5. The van der Waals surface area contributed by atoms with E-state index < -0.39 is 29.5 Å². The van der Waals surface area contributed by atoms with Crippen LogP contribution < -0.4 is 20.3 Å². The van der Waals surface area contributed by atoms with Gasteiger partial charge in [-0.2, -0.15) is 0 Å². The molecule has 2 saturated heterocycles. The third-order valence-corrected chi connectivity index (χ3v) is 7.21. The van der Waals surface area contributed by atoms with Crippen molar-refractivity contribution in [1.82, 2.24) is 15.6 Å². The molecule has 206 valence electrons. The highest BCUT2D eigenvalue weighted by molar-refractivity contribution is 6.32. The van der Waals surface area contributed by atoms with Gasteiger partial charge in [0.25, 0.3) is 18.2 Å². The van der Waals surface area contributed by atoms with Crippen molar-refractivity contribution in [2.24, 2.45) is 0 Å². The van der Waals surface area contributed by atoms with Gasteiger partial charge in [0, 0.05) is 24.3 Å². The number of rotatable bonds is 8. The van der Waals surface area contributed by atoms with Crippen LogP contribution in [-0.2, 0) is 4.79 Å². The Bertz CT molecular complexity index is 1180. The van der Waals surface area contributed by atoms with Gasteiger partial charge < -0.3 is 20.3 Å². The number of aromatic nitrogens is 1. The largest absolute Gasteiger partial charge is 0.476 e. The van der Waals surface area contributed by atoms with Crippen LogP contribution in [0.15, 0.2) is 36.5 Å². The molecule has 0 saturated carbocycles. The molecule has 3 atom stereocenters. The van der Waals surface area contributed by atoms with Gasteiger partial charge >= 0.3 is 0 Å². The maximum atomic E-state index is 13.8. The predicted octanol–water partition coefficient (Wildman–Crippen LogP) is 5.03. The van der Waals surface area contributed by atoms with Gasteiger partial charge in [-0.25, -0.2) is 22.5 Å². The summed E-state index contributed by atoms with van der Waals surface area (Å²) >= 11 is 6.04. The fraction of sp³-hybridized carbons (Fsp3) is 0.500. The van der Waals surface area contributed by atoms with Crippen LogP contribution >= 0.6 is 11.6 Å². The quantitative estimate of drug-likeness (QED) is 0.352. The number of nitrogens with one attached hydrogen (secondary N) is 2. The van der Waals surface area contributed by atoms with Crippen molar-refractivity contribution in [3.63, 3.8) is 0 Å². The Morgan fingerprint density at radius 1 is 1.13 bits per heavy atom. The Kier molecular flexibility index (Phi) is 7.79. The van der Waals surface area contributed by atoms with Gasteiger partial charge in [-0.05, 0) is 76.8 Å². The van der Waals surface area contributed by atoms with E-state index >= 15 is 0 Å². The van der Waals surface area contributed by atoms with Crippen molar-refractivity contribution >= 4 is 29.2 Å². The first-order valence-corrected chi connectivity index (χ1v) is 12.6. The minimum atomic E-state index is -3.37. The van der Waals surface area contributed by atoms with Crippen molar-refractivity contribution in [3.8, 4) is 5.75 Å². The molecule has 0 spiro atoms. The lowest BCUT2D eigenvalue weighted by atomic mass is 9.96. The second-order valence-electron chi connectivity index (χ2n) is 10.4. The average molecular weight is 557 g/mol. The van der Waals surface area contributed by atoms with E-state index in [2.05, 4.69) is 15.2 Å². The highest BCUT2D eigenvalue weighted by Gasteiger charge is 2.43. The van der Waals surface area contributed by atoms with Gasteiger partial charge in [0.2, 0.25) is 5.79 Å². The Labute approximate surface area is 222 Å². The van der Waals surface area contributed by atoms with Crippen LogP contribution in [0.3, 0.4) is 0 Å². The molecule has 2 unspecified atom stereocenters. The number of hydrogen-bond donors (Lipinski definition) is 2. The number of ether oxygens (including phenoxy) is 1. The number of carbonyl (C=O) groups excluding carboxylic acids is 2. The van der Waals surface area contributed by atoms with Crippen molar-refractivity contribution in [2.45, 2.75) is 82.4 Å². The van der Waals surface area contributed by atoms with E-state index in [1.54, 1.807) is 25.2 Å². The van der Waals surface area contributed by atoms with Crippen LogP contribution in [0.1, 0.15) is 56.8 Å². The second-order valence-corrected chi connectivity index (χ2v) is 10.8.